The second-order valence-electron chi connectivity index (χ2n) is 5.02. The molecule has 2 aliphatic heterocycles. The van der Waals surface area contributed by atoms with Crippen molar-refractivity contribution in [3.8, 4) is 0 Å². The average Bonchev–Trinajstić information content (AvgIpc) is 2.82. The number of hydrogen-bond donors (Lipinski definition) is 5. The molecule has 14 heteroatoms. The quantitative estimate of drug-likeness (QED) is 0.335. The summed E-state index contributed by atoms with van der Waals surface area (Å²) >= 11 is 0. The van der Waals surface area contributed by atoms with Crippen LogP contribution in [0.5, 0.6) is 0 Å². The van der Waals surface area contributed by atoms with Crippen molar-refractivity contribution in [1.82, 2.24) is 20.9 Å². The molecule has 0 radical (unpaired) electrons. The molecule has 2 aliphatic rings. The highest BCUT2D eigenvalue weighted by Crippen LogP contribution is 2.36. The number of nitrogens with two attached hydrogens (primary N) is 1. The van der Waals surface area contributed by atoms with Crippen LogP contribution in [0.3, 0.4) is 0 Å². The largest absolute Gasteiger partial charge is 0.481 e. The molecule has 2 rings (SSSR count). The fraction of sp³-hybridized carbons (Fsp3) is 0.500. The first-order chi connectivity index (χ1) is 11.1. The molecule has 24 heavy (non-hydrogen) atoms. The lowest BCUT2D eigenvalue weighted by molar-refractivity contribution is -0.145. The summed E-state index contributed by atoms with van der Waals surface area (Å²) in [6, 6.07) is -3.84. The SMILES string of the molecule is NC(CCC(=O)O)C(=O)N1C(=O)NC2NC(=O)NC2(P(=O)=O)C1=O. The molecule has 0 aromatic carbocycles. The summed E-state index contributed by atoms with van der Waals surface area (Å²) in [7, 11) is -3.64. The number of carbonyl (C=O) groups is 5. The predicted molar refractivity (Wildman–Crippen MR) is 71.7 cm³/mol. The molecule has 0 aliphatic carbocycles. The summed E-state index contributed by atoms with van der Waals surface area (Å²) in [6.45, 7) is 0. The third-order valence-electron chi connectivity index (χ3n) is 3.49. The minimum Gasteiger partial charge on any atom is -0.481 e. The lowest BCUT2D eigenvalue weighted by atomic mass is 10.1. The van der Waals surface area contributed by atoms with E-state index in [1.165, 1.54) is 0 Å². The van der Waals surface area contributed by atoms with Crippen LogP contribution in [0.25, 0.3) is 0 Å². The molecular weight excluding hydrogens is 349 g/mol. The fourth-order valence-electron chi connectivity index (χ4n) is 2.28. The maximum atomic E-state index is 12.4. The van der Waals surface area contributed by atoms with Gasteiger partial charge < -0.3 is 26.8 Å². The van der Waals surface area contributed by atoms with Gasteiger partial charge in [0.1, 0.15) is 0 Å². The van der Waals surface area contributed by atoms with Gasteiger partial charge in [-0.3, -0.25) is 14.4 Å². The minimum absolute atomic E-state index is 0.0402. The first-order valence-corrected chi connectivity index (χ1v) is 7.68. The van der Waals surface area contributed by atoms with Crippen molar-refractivity contribution in [3.05, 3.63) is 0 Å². The molecule has 0 spiro atoms. The average molecular weight is 361 g/mol. The second kappa shape index (κ2) is 6.02. The third-order valence-corrected chi connectivity index (χ3v) is 4.63. The van der Waals surface area contributed by atoms with Crippen LogP contribution in [-0.2, 0) is 23.5 Å². The Bertz CT molecular complexity index is 712. The number of carbonyl (C=O) groups excluding carboxylic acids is 4. The number of nitrogens with one attached hydrogen (secondary N) is 3. The van der Waals surface area contributed by atoms with E-state index < -0.39 is 61.4 Å². The number of aliphatic carboxylic acids is 1. The van der Waals surface area contributed by atoms with Gasteiger partial charge in [0, 0.05) is 6.42 Å². The molecule has 0 aromatic heterocycles. The van der Waals surface area contributed by atoms with E-state index >= 15 is 0 Å². The Balaban J connectivity index is 2.33. The van der Waals surface area contributed by atoms with Crippen LogP contribution in [-0.4, -0.2) is 57.3 Å². The van der Waals surface area contributed by atoms with E-state index in [0.29, 0.717) is 0 Å². The molecule has 13 nitrogen and oxygen atoms in total. The molecule has 130 valence electrons. The number of nitrogens with zero attached hydrogens (tertiary/aromatic N) is 1. The van der Waals surface area contributed by atoms with Crippen molar-refractivity contribution in [2.24, 2.45) is 5.73 Å². The first-order valence-electron chi connectivity index (χ1n) is 6.50. The number of urea groups is 2. The summed E-state index contributed by atoms with van der Waals surface area (Å²) in [5, 5.41) is 11.9. The van der Waals surface area contributed by atoms with Gasteiger partial charge in [-0.25, -0.2) is 18.7 Å². The Labute approximate surface area is 133 Å². The highest BCUT2D eigenvalue weighted by molar-refractivity contribution is 7.34. The Morgan fingerprint density at radius 1 is 1.29 bits per heavy atom. The van der Waals surface area contributed by atoms with Gasteiger partial charge in [-0.05, 0) is 6.42 Å². The number of carboxylic acid groups (broad SMARTS) is 1. The van der Waals surface area contributed by atoms with E-state index in [2.05, 4.69) is 0 Å². The van der Waals surface area contributed by atoms with E-state index in [9.17, 15) is 33.1 Å². The summed E-state index contributed by atoms with van der Waals surface area (Å²) in [6.07, 6.45) is -2.47. The van der Waals surface area contributed by atoms with Crippen molar-refractivity contribution >= 4 is 37.5 Å². The van der Waals surface area contributed by atoms with Gasteiger partial charge in [0.15, 0.2) is 6.17 Å². The summed E-state index contributed by atoms with van der Waals surface area (Å²) in [4.78, 5) is 58.4. The number of carboxylic acids is 1. The van der Waals surface area contributed by atoms with Crippen LogP contribution < -0.4 is 21.7 Å². The van der Waals surface area contributed by atoms with Crippen molar-refractivity contribution in [2.45, 2.75) is 30.3 Å². The molecule has 0 aromatic rings. The number of imide groups is 3. The highest BCUT2D eigenvalue weighted by Gasteiger charge is 2.65. The molecule has 2 fully saturated rings. The molecule has 3 atom stereocenters. The monoisotopic (exact) mass is 361 g/mol. The van der Waals surface area contributed by atoms with Gasteiger partial charge in [0.05, 0.1) is 6.04 Å². The van der Waals surface area contributed by atoms with E-state index in [1.807, 2.05) is 16.0 Å². The molecule has 6 N–H and O–H groups in total. The van der Waals surface area contributed by atoms with Crippen molar-refractivity contribution < 1.29 is 38.2 Å². The fourth-order valence-corrected chi connectivity index (χ4v) is 3.07. The second-order valence-corrected chi connectivity index (χ2v) is 6.24. The lowest BCUT2D eigenvalue weighted by Crippen LogP contribution is -2.73. The van der Waals surface area contributed by atoms with Gasteiger partial charge in [0.25, 0.3) is 17.1 Å². The van der Waals surface area contributed by atoms with Gasteiger partial charge in [0.2, 0.25) is 0 Å². The van der Waals surface area contributed by atoms with E-state index in [-0.39, 0.29) is 11.3 Å². The Morgan fingerprint density at radius 3 is 2.46 bits per heavy atom. The third kappa shape index (κ3) is 2.63. The Morgan fingerprint density at radius 2 is 1.92 bits per heavy atom. The molecule has 3 unspecified atom stereocenters. The number of rotatable bonds is 5. The minimum atomic E-state index is -3.64. The topological polar surface area (TPSA) is 205 Å². The van der Waals surface area contributed by atoms with Crippen molar-refractivity contribution in [1.29, 1.82) is 0 Å². The van der Waals surface area contributed by atoms with E-state index in [0.717, 1.165) is 0 Å². The molecular formula is C10H12N5O8P. The van der Waals surface area contributed by atoms with Gasteiger partial charge >= 0.3 is 25.7 Å². The normalized spacial score (nSPS) is 26.8. The number of hydrogen-bond acceptors (Lipinski definition) is 8. The maximum absolute atomic E-state index is 12.4. The zero-order chi connectivity index (χ0) is 18.2. The zero-order valence-corrected chi connectivity index (χ0v) is 12.7. The van der Waals surface area contributed by atoms with Crippen LogP contribution in [0.15, 0.2) is 0 Å². The van der Waals surface area contributed by atoms with Crippen LogP contribution in [0.2, 0.25) is 0 Å². The van der Waals surface area contributed by atoms with Crippen LogP contribution in [0.1, 0.15) is 12.8 Å². The Hall–Kier alpha value is -2.79. The van der Waals surface area contributed by atoms with Gasteiger partial charge in [-0.15, -0.1) is 0 Å². The summed E-state index contributed by atoms with van der Waals surface area (Å²) in [5.74, 6) is -4.03. The molecule has 6 amide bonds. The molecule has 2 saturated heterocycles. The maximum Gasteiger partial charge on any atom is 0.356 e. The molecule has 0 saturated carbocycles. The van der Waals surface area contributed by atoms with Crippen molar-refractivity contribution in [2.75, 3.05) is 0 Å². The Kier molecular flexibility index (Phi) is 4.40. The van der Waals surface area contributed by atoms with Crippen LogP contribution in [0, 0.1) is 0 Å². The lowest BCUT2D eigenvalue weighted by Gasteiger charge is -2.36. The van der Waals surface area contributed by atoms with Crippen LogP contribution >= 0.6 is 7.68 Å². The summed E-state index contributed by atoms with van der Waals surface area (Å²) < 4.78 is 23.1. The molecule has 2 heterocycles. The predicted octanol–water partition coefficient (Wildman–Crippen LogP) is -2.23. The van der Waals surface area contributed by atoms with E-state index in [4.69, 9.17) is 10.8 Å². The van der Waals surface area contributed by atoms with Crippen LogP contribution in [0.4, 0.5) is 9.59 Å². The van der Waals surface area contributed by atoms with Gasteiger partial charge in [-0.2, -0.15) is 4.90 Å². The standard InChI is InChI=1S/C10H12N5O8P/c11-3(1-2-4(16)17)5(18)15-7(19)10(24(22)23)6(13-9(15)21)12-8(20)14-10/h3,6H,1-2,11H2,(H,13,21)(H,16,17)(H2,12,14,20). The zero-order valence-electron chi connectivity index (χ0n) is 11.8. The summed E-state index contributed by atoms with van der Waals surface area (Å²) in [5.41, 5.74) is 5.46. The number of fused-ring (bicyclic) bond motifs is 1. The van der Waals surface area contributed by atoms with E-state index in [1.54, 1.807) is 0 Å². The van der Waals surface area contributed by atoms with Crippen molar-refractivity contribution in [3.63, 3.8) is 0 Å². The highest BCUT2D eigenvalue weighted by atomic mass is 31.1. The van der Waals surface area contributed by atoms with Gasteiger partial charge in [-0.1, -0.05) is 0 Å². The number of amides is 6. The molecule has 0 bridgehead atoms. The smallest absolute Gasteiger partial charge is 0.356 e. The first kappa shape index (κ1) is 17.6.